The summed E-state index contributed by atoms with van der Waals surface area (Å²) in [6, 6.07) is 0. The Labute approximate surface area is 120 Å². The van der Waals surface area contributed by atoms with Gasteiger partial charge in [0.05, 0.1) is 5.54 Å². The molecule has 114 valence electrons. The van der Waals surface area contributed by atoms with E-state index in [4.69, 9.17) is 4.74 Å². The highest BCUT2D eigenvalue weighted by Gasteiger charge is 2.58. The molecule has 3 rings (SSSR count). The summed E-state index contributed by atoms with van der Waals surface area (Å²) in [4.78, 5) is 16.1. The van der Waals surface area contributed by atoms with E-state index < -0.39 is 5.67 Å². The van der Waals surface area contributed by atoms with E-state index in [2.05, 4.69) is 11.9 Å². The normalized spacial score (nSPS) is 31.1. The zero-order valence-corrected chi connectivity index (χ0v) is 12.5. The van der Waals surface area contributed by atoms with E-state index in [1.54, 1.807) is 4.90 Å². The Balaban J connectivity index is 1.57. The SMILES string of the molecule is CCOC[C@@H]1CCN(C)C2(C1)CN(C(=O)C1(F)CC1)C2. The highest BCUT2D eigenvalue weighted by molar-refractivity contribution is 5.88. The molecule has 0 radical (unpaired) electrons. The molecule has 5 heteroatoms. The highest BCUT2D eigenvalue weighted by Crippen LogP contribution is 2.45. The second kappa shape index (κ2) is 4.95. The number of hydrogen-bond donors (Lipinski definition) is 0. The van der Waals surface area contributed by atoms with Crippen LogP contribution in [0.2, 0.25) is 0 Å². The Kier molecular flexibility index (Phi) is 3.53. The molecule has 0 N–H and O–H groups in total. The molecule has 1 atom stereocenters. The first-order valence-electron chi connectivity index (χ1n) is 7.76. The van der Waals surface area contributed by atoms with Crippen molar-refractivity contribution in [1.29, 1.82) is 0 Å². The van der Waals surface area contributed by atoms with Crippen molar-refractivity contribution < 1.29 is 13.9 Å². The maximum Gasteiger partial charge on any atom is 0.260 e. The number of ether oxygens (including phenoxy) is 1. The molecule has 1 saturated carbocycles. The first kappa shape index (κ1) is 14.3. The molecular formula is C15H25FN2O2. The minimum absolute atomic E-state index is 0.0704. The minimum atomic E-state index is -1.51. The average Bonchev–Trinajstić information content (AvgIpc) is 3.14. The van der Waals surface area contributed by atoms with Gasteiger partial charge in [-0.05, 0) is 52.1 Å². The second-order valence-electron chi connectivity index (χ2n) is 6.79. The van der Waals surface area contributed by atoms with Crippen molar-refractivity contribution in [3.63, 3.8) is 0 Å². The predicted molar refractivity (Wildman–Crippen MR) is 74.2 cm³/mol. The third-order valence-electron chi connectivity index (χ3n) is 5.24. The lowest BCUT2D eigenvalue weighted by molar-refractivity contribution is -0.157. The highest BCUT2D eigenvalue weighted by atomic mass is 19.1. The van der Waals surface area contributed by atoms with Gasteiger partial charge in [0.25, 0.3) is 5.91 Å². The van der Waals surface area contributed by atoms with E-state index in [9.17, 15) is 9.18 Å². The van der Waals surface area contributed by atoms with Gasteiger partial charge in [0.15, 0.2) is 5.67 Å². The lowest BCUT2D eigenvalue weighted by atomic mass is 9.75. The Morgan fingerprint density at radius 3 is 2.70 bits per heavy atom. The summed E-state index contributed by atoms with van der Waals surface area (Å²) in [5, 5.41) is 0. The third kappa shape index (κ3) is 2.35. The van der Waals surface area contributed by atoms with Crippen molar-refractivity contribution in [3.05, 3.63) is 0 Å². The summed E-state index contributed by atoms with van der Waals surface area (Å²) < 4.78 is 19.4. The maximum absolute atomic E-state index is 13.8. The van der Waals surface area contributed by atoms with Crippen LogP contribution in [0, 0.1) is 5.92 Å². The van der Waals surface area contributed by atoms with Gasteiger partial charge < -0.3 is 9.64 Å². The number of likely N-dealkylation sites (N-methyl/N-ethyl adjacent to an activating group) is 1. The quantitative estimate of drug-likeness (QED) is 0.783. The molecule has 0 bridgehead atoms. The maximum atomic E-state index is 13.8. The van der Waals surface area contributed by atoms with E-state index in [0.717, 1.165) is 32.6 Å². The minimum Gasteiger partial charge on any atom is -0.381 e. The number of likely N-dealkylation sites (tertiary alicyclic amines) is 2. The molecule has 0 aromatic rings. The fourth-order valence-electron chi connectivity index (χ4n) is 3.62. The van der Waals surface area contributed by atoms with E-state index in [1.165, 1.54) is 0 Å². The van der Waals surface area contributed by atoms with Crippen LogP contribution in [0.3, 0.4) is 0 Å². The van der Waals surface area contributed by atoms with Gasteiger partial charge in [-0.1, -0.05) is 0 Å². The number of rotatable bonds is 4. The number of carbonyl (C=O) groups excluding carboxylic acids is 1. The number of hydrogen-bond acceptors (Lipinski definition) is 3. The van der Waals surface area contributed by atoms with Gasteiger partial charge in [-0.2, -0.15) is 0 Å². The summed E-state index contributed by atoms with van der Waals surface area (Å²) in [7, 11) is 2.13. The molecule has 2 saturated heterocycles. The summed E-state index contributed by atoms with van der Waals surface area (Å²) in [6.45, 7) is 6.01. The van der Waals surface area contributed by atoms with Crippen molar-refractivity contribution >= 4 is 5.91 Å². The molecule has 4 nitrogen and oxygen atoms in total. The van der Waals surface area contributed by atoms with Gasteiger partial charge in [-0.3, -0.25) is 9.69 Å². The molecule has 0 aromatic carbocycles. The van der Waals surface area contributed by atoms with Crippen LogP contribution < -0.4 is 0 Å². The number of halogens is 1. The summed E-state index contributed by atoms with van der Waals surface area (Å²) in [5.74, 6) is 0.298. The average molecular weight is 284 g/mol. The lowest BCUT2D eigenvalue weighted by Gasteiger charge is -2.58. The smallest absolute Gasteiger partial charge is 0.260 e. The Morgan fingerprint density at radius 2 is 2.10 bits per heavy atom. The van der Waals surface area contributed by atoms with Gasteiger partial charge in [0, 0.05) is 26.3 Å². The molecule has 2 aliphatic heterocycles. The lowest BCUT2D eigenvalue weighted by Crippen LogP contribution is -2.73. The van der Waals surface area contributed by atoms with Gasteiger partial charge in [-0.25, -0.2) is 4.39 Å². The van der Waals surface area contributed by atoms with E-state index in [0.29, 0.717) is 31.8 Å². The summed E-state index contributed by atoms with van der Waals surface area (Å²) in [6.07, 6.45) is 3.04. The van der Waals surface area contributed by atoms with Crippen LogP contribution >= 0.6 is 0 Å². The summed E-state index contributed by atoms with van der Waals surface area (Å²) >= 11 is 0. The van der Waals surface area contributed by atoms with Crippen molar-refractivity contribution in [2.75, 3.05) is 39.9 Å². The third-order valence-corrected chi connectivity index (χ3v) is 5.24. The van der Waals surface area contributed by atoms with Gasteiger partial charge in [0.1, 0.15) is 0 Å². The van der Waals surface area contributed by atoms with Gasteiger partial charge in [-0.15, -0.1) is 0 Å². The Hall–Kier alpha value is -0.680. The second-order valence-corrected chi connectivity index (χ2v) is 6.79. The van der Waals surface area contributed by atoms with Crippen molar-refractivity contribution in [2.45, 2.75) is 43.8 Å². The van der Waals surface area contributed by atoms with E-state index >= 15 is 0 Å². The Morgan fingerprint density at radius 1 is 1.40 bits per heavy atom. The van der Waals surface area contributed by atoms with Crippen molar-refractivity contribution in [2.24, 2.45) is 5.92 Å². The van der Waals surface area contributed by atoms with E-state index in [-0.39, 0.29) is 11.4 Å². The zero-order valence-electron chi connectivity index (χ0n) is 12.5. The van der Waals surface area contributed by atoms with Crippen LogP contribution in [0.5, 0.6) is 0 Å². The van der Waals surface area contributed by atoms with Gasteiger partial charge in [0.2, 0.25) is 0 Å². The molecule has 1 aliphatic carbocycles. The van der Waals surface area contributed by atoms with Crippen LogP contribution in [-0.2, 0) is 9.53 Å². The standard InChI is InChI=1S/C15H25FN2O2/c1-3-20-9-12-4-7-17(2)14(8-12)10-18(11-14)13(19)15(16)5-6-15/h12H,3-11H2,1-2H3/t12-/m1/s1. The molecule has 0 unspecified atom stereocenters. The fraction of sp³-hybridized carbons (Fsp3) is 0.933. The molecule has 20 heavy (non-hydrogen) atoms. The molecule has 3 aliphatic rings. The van der Waals surface area contributed by atoms with Crippen LogP contribution in [0.4, 0.5) is 4.39 Å². The predicted octanol–water partition coefficient (Wildman–Crippen LogP) is 1.45. The molecular weight excluding hydrogens is 259 g/mol. The number of alkyl halides is 1. The number of amides is 1. The zero-order chi connectivity index (χ0) is 14.4. The fourth-order valence-corrected chi connectivity index (χ4v) is 3.62. The van der Waals surface area contributed by atoms with E-state index in [1.807, 2.05) is 6.92 Å². The molecule has 3 fully saturated rings. The number of piperidine rings is 1. The van der Waals surface area contributed by atoms with Crippen LogP contribution in [-0.4, -0.2) is 66.8 Å². The number of carbonyl (C=O) groups is 1. The van der Waals surface area contributed by atoms with Crippen molar-refractivity contribution in [1.82, 2.24) is 9.80 Å². The molecule has 0 aromatic heterocycles. The van der Waals surface area contributed by atoms with Crippen LogP contribution in [0.1, 0.15) is 32.6 Å². The molecule has 1 spiro atoms. The first-order chi connectivity index (χ1) is 9.49. The largest absolute Gasteiger partial charge is 0.381 e. The summed E-state index contributed by atoms with van der Waals surface area (Å²) in [5.41, 5.74) is -1.44. The topological polar surface area (TPSA) is 32.8 Å². The van der Waals surface area contributed by atoms with Crippen molar-refractivity contribution in [3.8, 4) is 0 Å². The Bertz CT molecular complexity index is 389. The first-order valence-corrected chi connectivity index (χ1v) is 7.76. The van der Waals surface area contributed by atoms with Gasteiger partial charge >= 0.3 is 0 Å². The molecule has 1 amide bonds. The van der Waals surface area contributed by atoms with Crippen LogP contribution in [0.25, 0.3) is 0 Å². The number of nitrogens with zero attached hydrogens (tertiary/aromatic N) is 2. The van der Waals surface area contributed by atoms with Crippen LogP contribution in [0.15, 0.2) is 0 Å². The monoisotopic (exact) mass is 284 g/mol. The molecule has 2 heterocycles.